The third-order valence-corrected chi connectivity index (χ3v) is 6.16. The summed E-state index contributed by atoms with van der Waals surface area (Å²) in [6.07, 6.45) is 1.61. The fourth-order valence-electron chi connectivity index (χ4n) is 3.39. The number of nitro groups is 1. The van der Waals surface area contributed by atoms with Gasteiger partial charge in [0.15, 0.2) is 4.96 Å². The molecule has 0 N–H and O–H groups in total. The second-order valence-corrected chi connectivity index (χ2v) is 8.47. The lowest BCUT2D eigenvalue weighted by molar-refractivity contribution is -0.384. The van der Waals surface area contributed by atoms with Crippen molar-refractivity contribution in [1.29, 1.82) is 0 Å². The van der Waals surface area contributed by atoms with Gasteiger partial charge in [-0.25, -0.2) is 9.38 Å². The summed E-state index contributed by atoms with van der Waals surface area (Å²) in [6.45, 7) is 0.248. The van der Waals surface area contributed by atoms with Crippen LogP contribution in [0.25, 0.3) is 22.1 Å². The number of rotatable bonds is 5. The van der Waals surface area contributed by atoms with Gasteiger partial charge in [0.2, 0.25) is 0 Å². The minimum Gasteiger partial charge on any atom is -0.488 e. The number of hydrogen-bond acceptors (Lipinski definition) is 6. The van der Waals surface area contributed by atoms with Gasteiger partial charge in [-0.1, -0.05) is 47.2 Å². The Morgan fingerprint density at radius 1 is 1.12 bits per heavy atom. The monoisotopic (exact) mass is 463 g/mol. The Labute approximate surface area is 189 Å². The molecule has 2 heterocycles. The summed E-state index contributed by atoms with van der Waals surface area (Å²) in [5, 5.41) is 11.9. The molecule has 0 fully saturated rings. The van der Waals surface area contributed by atoms with Gasteiger partial charge in [0.05, 0.1) is 20.5 Å². The third-order valence-electron chi connectivity index (χ3n) is 4.94. The average Bonchev–Trinajstić information content (AvgIpc) is 3.30. The number of thiazole rings is 1. The molecule has 5 aromatic rings. The molecular weight excluding hydrogens is 450 g/mol. The highest BCUT2D eigenvalue weighted by Crippen LogP contribution is 2.26. The molecule has 32 heavy (non-hydrogen) atoms. The molecule has 0 bridgehead atoms. The van der Waals surface area contributed by atoms with Crippen molar-refractivity contribution in [1.82, 2.24) is 9.38 Å². The van der Waals surface area contributed by atoms with Crippen molar-refractivity contribution in [3.8, 4) is 5.75 Å². The van der Waals surface area contributed by atoms with Gasteiger partial charge in [-0.2, -0.15) is 0 Å². The van der Waals surface area contributed by atoms with Crippen LogP contribution in [0, 0.1) is 10.1 Å². The van der Waals surface area contributed by atoms with E-state index in [9.17, 15) is 14.9 Å². The van der Waals surface area contributed by atoms with Crippen LogP contribution in [-0.2, 0) is 6.61 Å². The Kier molecular flexibility index (Phi) is 5.08. The van der Waals surface area contributed by atoms with Crippen molar-refractivity contribution in [3.63, 3.8) is 0 Å². The number of nitrogens with zero attached hydrogens (tertiary/aromatic N) is 3. The molecule has 0 atom stereocenters. The summed E-state index contributed by atoms with van der Waals surface area (Å²) in [4.78, 5) is 29.0. The van der Waals surface area contributed by atoms with Crippen LogP contribution in [0.15, 0.2) is 71.5 Å². The molecule has 0 aliphatic heterocycles. The smallest absolute Gasteiger partial charge is 0.274 e. The van der Waals surface area contributed by atoms with Crippen LogP contribution in [0.1, 0.15) is 11.1 Å². The number of benzene rings is 3. The minimum absolute atomic E-state index is 0.0886. The molecule has 3 aromatic carbocycles. The second kappa shape index (κ2) is 8.07. The molecular formula is C23H14ClN3O4S. The summed E-state index contributed by atoms with van der Waals surface area (Å²) in [6, 6.07) is 18.9. The molecule has 0 saturated heterocycles. The van der Waals surface area contributed by atoms with E-state index in [4.69, 9.17) is 16.3 Å². The van der Waals surface area contributed by atoms with Gasteiger partial charge in [-0.3, -0.25) is 14.9 Å². The molecule has 2 aromatic heterocycles. The fourth-order valence-corrected chi connectivity index (χ4v) is 4.49. The molecule has 0 spiro atoms. The van der Waals surface area contributed by atoms with Gasteiger partial charge < -0.3 is 4.74 Å². The zero-order valence-corrected chi connectivity index (χ0v) is 18.0. The summed E-state index contributed by atoms with van der Waals surface area (Å²) in [7, 11) is 0. The number of ether oxygens (including phenoxy) is 1. The SMILES string of the molecule is O=c1/c(=C/c2cc([N+](=O)[O-])ccc2OCc2ccc(Cl)cc2)sc2nc3ccccc3n12. The molecule has 158 valence electrons. The number of aromatic nitrogens is 2. The fraction of sp³-hybridized carbons (Fsp3) is 0.0435. The normalized spacial score (nSPS) is 12.0. The maximum atomic E-state index is 13.1. The van der Waals surface area contributed by atoms with Crippen molar-refractivity contribution < 1.29 is 9.66 Å². The number of para-hydroxylation sites is 2. The van der Waals surface area contributed by atoms with Crippen LogP contribution < -0.4 is 14.8 Å². The van der Waals surface area contributed by atoms with E-state index in [0.717, 1.165) is 16.6 Å². The number of halogens is 1. The molecule has 0 saturated carbocycles. The zero-order chi connectivity index (χ0) is 22.2. The van der Waals surface area contributed by atoms with E-state index in [1.54, 1.807) is 28.7 Å². The predicted octanol–water partition coefficient (Wildman–Crippen LogP) is 4.60. The number of imidazole rings is 1. The highest BCUT2D eigenvalue weighted by atomic mass is 35.5. The molecule has 0 aliphatic rings. The average molecular weight is 464 g/mol. The molecule has 0 unspecified atom stereocenters. The molecule has 5 rings (SSSR count). The number of nitro benzene ring substituents is 1. The summed E-state index contributed by atoms with van der Waals surface area (Å²) in [5.41, 5.74) is 2.48. The van der Waals surface area contributed by atoms with E-state index in [1.165, 1.54) is 23.5 Å². The van der Waals surface area contributed by atoms with Gasteiger partial charge in [-0.15, -0.1) is 0 Å². The first-order chi connectivity index (χ1) is 15.5. The first kappa shape index (κ1) is 20.2. The lowest BCUT2D eigenvalue weighted by atomic mass is 10.1. The van der Waals surface area contributed by atoms with E-state index < -0.39 is 4.92 Å². The van der Waals surface area contributed by atoms with E-state index in [-0.39, 0.29) is 17.9 Å². The van der Waals surface area contributed by atoms with Crippen molar-refractivity contribution in [2.24, 2.45) is 0 Å². The summed E-state index contributed by atoms with van der Waals surface area (Å²) >= 11 is 7.15. The zero-order valence-electron chi connectivity index (χ0n) is 16.4. The Bertz CT molecular complexity index is 1590. The van der Waals surface area contributed by atoms with Gasteiger partial charge in [0.1, 0.15) is 12.4 Å². The first-order valence-corrected chi connectivity index (χ1v) is 10.8. The highest BCUT2D eigenvalue weighted by Gasteiger charge is 2.14. The van der Waals surface area contributed by atoms with Crippen LogP contribution in [0.2, 0.25) is 5.02 Å². The van der Waals surface area contributed by atoms with Gasteiger partial charge >= 0.3 is 0 Å². The third kappa shape index (κ3) is 3.70. The van der Waals surface area contributed by atoms with Crippen LogP contribution in [0.3, 0.4) is 0 Å². The first-order valence-electron chi connectivity index (χ1n) is 9.57. The Hall–Kier alpha value is -3.75. The standard InChI is InChI=1S/C23H14ClN3O4S/c24-16-7-5-14(6-8-16)13-31-20-10-9-17(27(29)30)11-15(20)12-21-22(28)26-19-4-2-1-3-18(19)25-23(26)32-21/h1-12H,13H2/b21-12-. The Balaban J connectivity index is 1.59. The van der Waals surface area contributed by atoms with E-state index in [2.05, 4.69) is 4.98 Å². The molecule has 0 radical (unpaired) electrons. The lowest BCUT2D eigenvalue weighted by Crippen LogP contribution is -2.22. The van der Waals surface area contributed by atoms with E-state index in [1.807, 2.05) is 36.4 Å². The van der Waals surface area contributed by atoms with Crippen LogP contribution in [0.4, 0.5) is 5.69 Å². The van der Waals surface area contributed by atoms with Crippen molar-refractivity contribution >= 4 is 50.7 Å². The molecule has 0 aliphatic carbocycles. The van der Waals surface area contributed by atoms with Gasteiger partial charge in [0, 0.05) is 22.7 Å². The Morgan fingerprint density at radius 3 is 2.69 bits per heavy atom. The summed E-state index contributed by atoms with van der Waals surface area (Å²) in [5.74, 6) is 0.431. The molecule has 9 heteroatoms. The Morgan fingerprint density at radius 2 is 1.91 bits per heavy atom. The van der Waals surface area contributed by atoms with Crippen molar-refractivity contribution in [2.45, 2.75) is 6.61 Å². The maximum absolute atomic E-state index is 13.1. The number of hydrogen-bond donors (Lipinski definition) is 0. The topological polar surface area (TPSA) is 86.7 Å². The van der Waals surface area contributed by atoms with Crippen LogP contribution in [0.5, 0.6) is 5.75 Å². The lowest BCUT2D eigenvalue weighted by Gasteiger charge is -2.09. The molecule has 0 amide bonds. The van der Waals surface area contributed by atoms with Crippen molar-refractivity contribution in [2.75, 3.05) is 0 Å². The van der Waals surface area contributed by atoms with Gasteiger partial charge in [-0.05, 0) is 42.0 Å². The molecule has 7 nitrogen and oxygen atoms in total. The number of non-ortho nitro benzene ring substituents is 1. The van der Waals surface area contributed by atoms with Crippen LogP contribution >= 0.6 is 22.9 Å². The predicted molar refractivity (Wildman–Crippen MR) is 125 cm³/mol. The second-order valence-electron chi connectivity index (χ2n) is 7.03. The van der Waals surface area contributed by atoms with Crippen molar-refractivity contribution in [3.05, 3.63) is 108 Å². The van der Waals surface area contributed by atoms with E-state index in [0.29, 0.717) is 25.8 Å². The van der Waals surface area contributed by atoms with Gasteiger partial charge in [0.25, 0.3) is 11.2 Å². The van der Waals surface area contributed by atoms with Crippen LogP contribution in [-0.4, -0.2) is 14.3 Å². The largest absolute Gasteiger partial charge is 0.488 e. The quantitative estimate of drug-likeness (QED) is 0.281. The van der Waals surface area contributed by atoms with E-state index >= 15 is 0 Å². The number of fused-ring (bicyclic) bond motifs is 3. The summed E-state index contributed by atoms with van der Waals surface area (Å²) < 4.78 is 7.88. The maximum Gasteiger partial charge on any atom is 0.274 e. The minimum atomic E-state index is -0.479. The highest BCUT2D eigenvalue weighted by molar-refractivity contribution is 7.15.